The van der Waals surface area contributed by atoms with Gasteiger partial charge in [-0.15, -0.1) is 0 Å². The van der Waals surface area contributed by atoms with Crippen LogP contribution in [0.5, 0.6) is 5.75 Å². The van der Waals surface area contributed by atoms with E-state index in [0.717, 1.165) is 25.7 Å². The molecule has 170 valence electrons. The number of fused-ring (bicyclic) bond motifs is 1. The number of esters is 1. The van der Waals surface area contributed by atoms with Gasteiger partial charge in [0.2, 0.25) is 5.91 Å². The quantitative estimate of drug-likeness (QED) is 0.717. The van der Waals surface area contributed by atoms with Gasteiger partial charge in [0.15, 0.2) is 5.69 Å². The molecule has 2 heterocycles. The van der Waals surface area contributed by atoms with Crippen LogP contribution in [-0.2, 0) is 16.1 Å². The Hall–Kier alpha value is -3.36. The van der Waals surface area contributed by atoms with E-state index in [1.54, 1.807) is 35.8 Å². The van der Waals surface area contributed by atoms with E-state index in [1.165, 1.54) is 31.9 Å². The third kappa shape index (κ3) is 3.72. The van der Waals surface area contributed by atoms with Gasteiger partial charge in [-0.05, 0) is 31.9 Å². The number of hydrogen-bond donors (Lipinski definition) is 1. The summed E-state index contributed by atoms with van der Waals surface area (Å²) in [5.41, 5.74) is -0.705. The number of rotatable bonds is 5. The molecule has 0 spiro atoms. The van der Waals surface area contributed by atoms with Crippen LogP contribution in [0.2, 0.25) is 0 Å². The van der Waals surface area contributed by atoms with Crippen LogP contribution in [0, 0.1) is 0 Å². The van der Waals surface area contributed by atoms with Crippen molar-refractivity contribution in [3.8, 4) is 5.75 Å². The summed E-state index contributed by atoms with van der Waals surface area (Å²) in [5, 5.41) is 3.16. The molecule has 1 aromatic carbocycles. The highest BCUT2D eigenvalue weighted by molar-refractivity contribution is 6.15. The van der Waals surface area contributed by atoms with Crippen molar-refractivity contribution in [1.29, 1.82) is 0 Å². The van der Waals surface area contributed by atoms with Crippen molar-refractivity contribution in [3.63, 3.8) is 0 Å². The summed E-state index contributed by atoms with van der Waals surface area (Å²) in [7, 11) is 2.78. The van der Waals surface area contributed by atoms with Crippen LogP contribution in [-0.4, -0.2) is 53.1 Å². The lowest BCUT2D eigenvalue weighted by molar-refractivity contribution is -0.127. The predicted molar refractivity (Wildman–Crippen MR) is 117 cm³/mol. The van der Waals surface area contributed by atoms with Crippen molar-refractivity contribution >= 4 is 23.5 Å². The first kappa shape index (κ1) is 21.9. The molecule has 9 heteroatoms. The highest BCUT2D eigenvalue weighted by Gasteiger charge is 2.50. The Morgan fingerprint density at radius 3 is 2.62 bits per heavy atom. The minimum absolute atomic E-state index is 0.0693. The fraction of sp³-hybridized carbons (Fsp3) is 0.478. The second kappa shape index (κ2) is 8.64. The van der Waals surface area contributed by atoms with E-state index in [4.69, 9.17) is 9.47 Å². The molecule has 4 rings (SSSR count). The normalized spacial score (nSPS) is 21.1. The Labute approximate surface area is 186 Å². The first-order valence-corrected chi connectivity index (χ1v) is 10.8. The number of anilines is 1. The van der Waals surface area contributed by atoms with Crippen LogP contribution in [0.4, 0.5) is 5.69 Å². The third-order valence-corrected chi connectivity index (χ3v) is 6.33. The predicted octanol–water partition coefficient (Wildman–Crippen LogP) is 2.55. The standard InChI is InChI=1S/C23H28N4O5/c1-23(22(30)25-15-8-5-4-6-9-15)13-26-14-24-18(21(29)32-3)19(26)20(28)27(23)16-10-7-11-17(12-16)31-2/h7,10-12,14-15H,4-6,8-9,13H2,1-3H3,(H,25,30). The topological polar surface area (TPSA) is 103 Å². The minimum atomic E-state index is -1.23. The van der Waals surface area contributed by atoms with Crippen LogP contribution < -0.4 is 15.0 Å². The lowest BCUT2D eigenvalue weighted by Crippen LogP contribution is -2.65. The van der Waals surface area contributed by atoms with E-state index < -0.39 is 17.4 Å². The first-order valence-electron chi connectivity index (χ1n) is 10.8. The number of carbonyl (C=O) groups is 3. The molecule has 1 aromatic heterocycles. The number of ether oxygens (including phenoxy) is 2. The van der Waals surface area contributed by atoms with Gasteiger partial charge in [0.25, 0.3) is 5.91 Å². The number of imidazole rings is 1. The zero-order chi connectivity index (χ0) is 22.9. The summed E-state index contributed by atoms with van der Waals surface area (Å²) < 4.78 is 11.7. The fourth-order valence-corrected chi connectivity index (χ4v) is 4.62. The number of nitrogens with zero attached hydrogens (tertiary/aromatic N) is 3. The number of methoxy groups -OCH3 is 2. The number of aromatic nitrogens is 2. The summed E-state index contributed by atoms with van der Waals surface area (Å²) in [4.78, 5) is 45.2. The van der Waals surface area contributed by atoms with E-state index in [2.05, 4.69) is 10.3 Å². The van der Waals surface area contributed by atoms with Crippen LogP contribution in [0.15, 0.2) is 30.6 Å². The Balaban J connectivity index is 1.79. The van der Waals surface area contributed by atoms with Gasteiger partial charge >= 0.3 is 5.97 Å². The largest absolute Gasteiger partial charge is 0.497 e. The number of nitrogens with one attached hydrogen (secondary N) is 1. The maximum absolute atomic E-state index is 13.8. The van der Waals surface area contributed by atoms with Crippen molar-refractivity contribution in [1.82, 2.24) is 14.9 Å². The highest BCUT2D eigenvalue weighted by atomic mass is 16.5. The lowest BCUT2D eigenvalue weighted by Gasteiger charge is -2.44. The Morgan fingerprint density at radius 2 is 1.94 bits per heavy atom. The summed E-state index contributed by atoms with van der Waals surface area (Å²) in [6.07, 6.45) is 6.60. The maximum Gasteiger partial charge on any atom is 0.359 e. The molecule has 2 aliphatic rings. The minimum Gasteiger partial charge on any atom is -0.497 e. The zero-order valence-electron chi connectivity index (χ0n) is 18.6. The van der Waals surface area contributed by atoms with Crippen LogP contribution in [0.25, 0.3) is 0 Å². The molecule has 1 unspecified atom stereocenters. The fourth-order valence-electron chi connectivity index (χ4n) is 4.62. The van der Waals surface area contributed by atoms with Crippen molar-refractivity contribution in [2.45, 2.75) is 57.2 Å². The van der Waals surface area contributed by atoms with Gasteiger partial charge in [0, 0.05) is 17.8 Å². The lowest BCUT2D eigenvalue weighted by atomic mass is 9.90. The highest BCUT2D eigenvalue weighted by Crippen LogP contribution is 2.35. The van der Waals surface area contributed by atoms with Crippen LogP contribution in [0.3, 0.4) is 0 Å². The molecule has 1 atom stereocenters. The molecule has 2 amide bonds. The Morgan fingerprint density at radius 1 is 1.19 bits per heavy atom. The molecule has 2 aromatic rings. The van der Waals surface area contributed by atoms with Gasteiger partial charge in [-0.3, -0.25) is 14.5 Å². The smallest absolute Gasteiger partial charge is 0.359 e. The van der Waals surface area contributed by atoms with E-state index in [-0.39, 0.29) is 29.9 Å². The molecule has 0 saturated heterocycles. The Bertz CT molecular complexity index is 1040. The van der Waals surface area contributed by atoms with Gasteiger partial charge in [0.1, 0.15) is 17.0 Å². The van der Waals surface area contributed by atoms with Gasteiger partial charge in [0.05, 0.1) is 27.1 Å². The molecular formula is C23H28N4O5. The molecule has 0 radical (unpaired) electrons. The van der Waals surface area contributed by atoms with E-state index in [9.17, 15) is 14.4 Å². The molecule has 1 fully saturated rings. The summed E-state index contributed by atoms with van der Waals surface area (Å²) in [6, 6.07) is 7.06. The second-order valence-corrected chi connectivity index (χ2v) is 8.49. The first-order chi connectivity index (χ1) is 15.4. The van der Waals surface area contributed by atoms with Gasteiger partial charge in [-0.2, -0.15) is 0 Å². The molecule has 1 aliphatic heterocycles. The van der Waals surface area contributed by atoms with Gasteiger partial charge < -0.3 is 19.4 Å². The monoisotopic (exact) mass is 440 g/mol. The molecule has 32 heavy (non-hydrogen) atoms. The van der Waals surface area contributed by atoms with E-state index >= 15 is 0 Å². The average molecular weight is 441 g/mol. The van der Waals surface area contributed by atoms with Crippen LogP contribution >= 0.6 is 0 Å². The summed E-state index contributed by atoms with van der Waals surface area (Å²) in [6.45, 7) is 1.89. The summed E-state index contributed by atoms with van der Waals surface area (Å²) in [5.74, 6) is -0.881. The summed E-state index contributed by atoms with van der Waals surface area (Å²) >= 11 is 0. The number of carbonyl (C=O) groups excluding carboxylic acids is 3. The van der Waals surface area contributed by atoms with Crippen LogP contribution in [0.1, 0.15) is 60.0 Å². The molecule has 9 nitrogen and oxygen atoms in total. The van der Waals surface area contributed by atoms with E-state index in [0.29, 0.717) is 11.4 Å². The third-order valence-electron chi connectivity index (χ3n) is 6.33. The Kier molecular flexibility index (Phi) is 5.90. The zero-order valence-corrected chi connectivity index (χ0v) is 18.6. The van der Waals surface area contributed by atoms with Crippen molar-refractivity contribution in [2.24, 2.45) is 0 Å². The van der Waals surface area contributed by atoms with E-state index in [1.807, 2.05) is 0 Å². The number of amides is 2. The molecule has 1 aliphatic carbocycles. The molecule has 0 bridgehead atoms. The van der Waals surface area contributed by atoms with Gasteiger partial charge in [-0.1, -0.05) is 25.3 Å². The second-order valence-electron chi connectivity index (χ2n) is 8.49. The number of hydrogen-bond acceptors (Lipinski definition) is 6. The van der Waals surface area contributed by atoms with Crippen molar-refractivity contribution in [3.05, 3.63) is 42.0 Å². The molecule has 1 saturated carbocycles. The SMILES string of the molecule is COC(=O)c1ncn2c1C(=O)N(c1cccc(OC)c1)C(C)(C(=O)NC1CCCCC1)C2. The molecular weight excluding hydrogens is 412 g/mol. The number of benzene rings is 1. The van der Waals surface area contributed by atoms with Gasteiger partial charge in [-0.25, -0.2) is 9.78 Å². The average Bonchev–Trinajstić information content (AvgIpc) is 3.23. The van der Waals surface area contributed by atoms with Crippen molar-refractivity contribution in [2.75, 3.05) is 19.1 Å². The van der Waals surface area contributed by atoms with Crippen molar-refractivity contribution < 1.29 is 23.9 Å². The maximum atomic E-state index is 13.8. The molecule has 1 N–H and O–H groups in total.